The van der Waals surface area contributed by atoms with Gasteiger partial charge in [-0.15, -0.1) is 0 Å². The van der Waals surface area contributed by atoms with Gasteiger partial charge in [-0.3, -0.25) is 14.9 Å². The molecule has 2 aromatic rings. The molecular weight excluding hydrogens is 376 g/mol. The van der Waals surface area contributed by atoms with Crippen LogP contribution in [0.25, 0.3) is 0 Å². The smallest absolute Gasteiger partial charge is 0.269 e. The summed E-state index contributed by atoms with van der Waals surface area (Å²) in [5, 5.41) is 13.3. The number of rotatable bonds is 7. The number of carbonyl (C=O) groups excluding carboxylic acids is 1. The third kappa shape index (κ3) is 4.79. The minimum atomic E-state index is -0.486. The number of ether oxygens (including phenoxy) is 1. The first kappa shape index (κ1) is 17.9. The standard InChI is InChI=1S/C17H17BrN2O4/c1-2-3-10-24-16-9-4-12(11-15(16)18)17(21)19-13-5-7-14(8-6-13)20(22)23/h4-9,11H,2-3,10H2,1H3,(H,19,21). The number of amides is 1. The molecule has 0 radical (unpaired) electrons. The van der Waals surface area contributed by atoms with E-state index in [1.165, 1.54) is 24.3 Å². The van der Waals surface area contributed by atoms with Gasteiger partial charge in [0.05, 0.1) is 16.0 Å². The van der Waals surface area contributed by atoms with E-state index in [9.17, 15) is 14.9 Å². The minimum Gasteiger partial charge on any atom is -0.492 e. The van der Waals surface area contributed by atoms with Gasteiger partial charge in [-0.25, -0.2) is 0 Å². The van der Waals surface area contributed by atoms with E-state index in [2.05, 4.69) is 28.2 Å². The number of nitrogens with zero attached hydrogens (tertiary/aromatic N) is 1. The van der Waals surface area contributed by atoms with E-state index in [1.54, 1.807) is 18.2 Å². The number of benzene rings is 2. The van der Waals surface area contributed by atoms with Gasteiger partial charge in [0, 0.05) is 23.4 Å². The number of hydrogen-bond acceptors (Lipinski definition) is 4. The normalized spacial score (nSPS) is 10.2. The molecule has 0 heterocycles. The van der Waals surface area contributed by atoms with Crippen LogP contribution in [0.5, 0.6) is 5.75 Å². The topological polar surface area (TPSA) is 81.5 Å². The van der Waals surface area contributed by atoms with Crippen LogP contribution in [0.1, 0.15) is 30.1 Å². The quantitative estimate of drug-likeness (QED) is 0.417. The summed E-state index contributed by atoms with van der Waals surface area (Å²) < 4.78 is 6.33. The fourth-order valence-corrected chi connectivity index (χ4v) is 2.45. The second-order valence-corrected chi connectivity index (χ2v) is 5.96. The molecule has 1 amide bonds. The van der Waals surface area contributed by atoms with Crippen LogP contribution in [0, 0.1) is 10.1 Å². The van der Waals surface area contributed by atoms with Crippen LogP contribution >= 0.6 is 15.9 Å². The predicted octanol–water partition coefficient (Wildman–Crippen LogP) is 4.79. The zero-order valence-corrected chi connectivity index (χ0v) is 14.7. The van der Waals surface area contributed by atoms with E-state index in [1.807, 2.05) is 0 Å². The van der Waals surface area contributed by atoms with Crippen molar-refractivity contribution in [3.05, 3.63) is 62.6 Å². The van der Waals surface area contributed by atoms with Crippen molar-refractivity contribution in [2.75, 3.05) is 11.9 Å². The number of carbonyl (C=O) groups is 1. The van der Waals surface area contributed by atoms with Crippen LogP contribution in [-0.2, 0) is 0 Å². The maximum absolute atomic E-state index is 12.3. The molecule has 0 saturated heterocycles. The Hall–Kier alpha value is -2.41. The number of anilines is 1. The van der Waals surface area contributed by atoms with E-state index < -0.39 is 4.92 Å². The molecular formula is C17H17BrN2O4. The lowest BCUT2D eigenvalue weighted by atomic mass is 10.2. The summed E-state index contributed by atoms with van der Waals surface area (Å²) in [5.41, 5.74) is 0.928. The Labute approximate surface area is 148 Å². The van der Waals surface area contributed by atoms with Crippen LogP contribution in [-0.4, -0.2) is 17.4 Å². The Morgan fingerprint density at radius 2 is 1.96 bits per heavy atom. The fraction of sp³-hybridized carbons (Fsp3) is 0.235. The van der Waals surface area contributed by atoms with Crippen LogP contribution < -0.4 is 10.1 Å². The van der Waals surface area contributed by atoms with Crippen molar-refractivity contribution in [2.45, 2.75) is 19.8 Å². The number of non-ortho nitro benzene ring substituents is 1. The number of nitrogens with one attached hydrogen (secondary N) is 1. The summed E-state index contributed by atoms with van der Waals surface area (Å²) >= 11 is 3.40. The van der Waals surface area contributed by atoms with Gasteiger partial charge in [0.1, 0.15) is 5.75 Å². The molecule has 0 aliphatic rings. The van der Waals surface area contributed by atoms with E-state index >= 15 is 0 Å². The highest BCUT2D eigenvalue weighted by Crippen LogP contribution is 2.27. The molecule has 0 saturated carbocycles. The number of halogens is 1. The molecule has 0 fully saturated rings. The first-order chi connectivity index (χ1) is 11.5. The highest BCUT2D eigenvalue weighted by molar-refractivity contribution is 9.10. The number of nitro benzene ring substituents is 1. The third-order valence-corrected chi connectivity index (χ3v) is 3.91. The van der Waals surface area contributed by atoms with Gasteiger partial charge in [0.2, 0.25) is 0 Å². The van der Waals surface area contributed by atoms with Crippen LogP contribution in [0.3, 0.4) is 0 Å². The Morgan fingerprint density at radius 1 is 1.25 bits per heavy atom. The molecule has 0 aliphatic carbocycles. The molecule has 126 valence electrons. The Morgan fingerprint density at radius 3 is 2.54 bits per heavy atom. The van der Waals surface area contributed by atoms with Crippen molar-refractivity contribution in [1.29, 1.82) is 0 Å². The largest absolute Gasteiger partial charge is 0.492 e. The molecule has 6 nitrogen and oxygen atoms in total. The first-order valence-electron chi connectivity index (χ1n) is 7.49. The third-order valence-electron chi connectivity index (χ3n) is 3.29. The average molecular weight is 393 g/mol. The number of nitro groups is 1. The van der Waals surface area contributed by atoms with Crippen LogP contribution in [0.2, 0.25) is 0 Å². The van der Waals surface area contributed by atoms with Gasteiger partial charge < -0.3 is 10.1 Å². The molecule has 24 heavy (non-hydrogen) atoms. The number of hydrogen-bond donors (Lipinski definition) is 1. The van der Waals surface area contributed by atoms with Crippen molar-refractivity contribution in [1.82, 2.24) is 0 Å². The van der Waals surface area contributed by atoms with Crippen LogP contribution in [0.15, 0.2) is 46.9 Å². The SMILES string of the molecule is CCCCOc1ccc(C(=O)Nc2ccc([N+](=O)[O-])cc2)cc1Br. The lowest BCUT2D eigenvalue weighted by molar-refractivity contribution is -0.384. The lowest BCUT2D eigenvalue weighted by Gasteiger charge is -2.10. The summed E-state index contributed by atoms with van der Waals surface area (Å²) in [4.78, 5) is 22.4. The second-order valence-electron chi connectivity index (χ2n) is 5.11. The molecule has 0 unspecified atom stereocenters. The van der Waals surface area contributed by atoms with Crippen molar-refractivity contribution < 1.29 is 14.5 Å². The first-order valence-corrected chi connectivity index (χ1v) is 8.28. The van der Waals surface area contributed by atoms with Crippen molar-refractivity contribution in [3.8, 4) is 5.75 Å². The Kier molecular flexibility index (Phi) is 6.31. The zero-order valence-electron chi connectivity index (χ0n) is 13.1. The second kappa shape index (κ2) is 8.44. The van der Waals surface area contributed by atoms with Gasteiger partial charge in [0.25, 0.3) is 11.6 Å². The van der Waals surface area contributed by atoms with Gasteiger partial charge in [-0.1, -0.05) is 13.3 Å². The molecule has 1 N–H and O–H groups in total. The van der Waals surface area contributed by atoms with Gasteiger partial charge in [0.15, 0.2) is 0 Å². The highest BCUT2D eigenvalue weighted by Gasteiger charge is 2.11. The van der Waals surface area contributed by atoms with Gasteiger partial charge in [-0.2, -0.15) is 0 Å². The maximum Gasteiger partial charge on any atom is 0.269 e. The molecule has 2 rings (SSSR count). The van der Waals surface area contributed by atoms with E-state index in [0.29, 0.717) is 28.1 Å². The molecule has 0 bridgehead atoms. The monoisotopic (exact) mass is 392 g/mol. The lowest BCUT2D eigenvalue weighted by Crippen LogP contribution is -2.12. The summed E-state index contributed by atoms with van der Waals surface area (Å²) in [5.74, 6) is 0.389. The molecule has 2 aromatic carbocycles. The van der Waals surface area contributed by atoms with Gasteiger partial charge in [-0.05, 0) is 52.7 Å². The summed E-state index contributed by atoms with van der Waals surface area (Å²) in [6.45, 7) is 2.72. The average Bonchev–Trinajstić information content (AvgIpc) is 2.57. The highest BCUT2D eigenvalue weighted by atomic mass is 79.9. The summed E-state index contributed by atoms with van der Waals surface area (Å²) in [7, 11) is 0. The molecule has 0 spiro atoms. The van der Waals surface area contributed by atoms with E-state index in [-0.39, 0.29) is 11.6 Å². The molecule has 0 atom stereocenters. The Bertz CT molecular complexity index is 732. The summed E-state index contributed by atoms with van der Waals surface area (Å²) in [6, 6.07) is 10.8. The van der Waals surface area contributed by atoms with Crippen molar-refractivity contribution >= 4 is 33.2 Å². The predicted molar refractivity (Wildman–Crippen MR) is 95.6 cm³/mol. The molecule has 0 aromatic heterocycles. The van der Waals surface area contributed by atoms with Crippen molar-refractivity contribution in [3.63, 3.8) is 0 Å². The Balaban J connectivity index is 2.04. The zero-order chi connectivity index (χ0) is 17.5. The number of unbranched alkanes of at least 4 members (excludes halogenated alkanes) is 1. The van der Waals surface area contributed by atoms with Gasteiger partial charge >= 0.3 is 0 Å². The minimum absolute atomic E-state index is 0.0238. The molecule has 7 heteroatoms. The van der Waals surface area contributed by atoms with E-state index in [4.69, 9.17) is 4.74 Å². The molecule has 0 aliphatic heterocycles. The summed E-state index contributed by atoms with van der Waals surface area (Å²) in [6.07, 6.45) is 2.02. The maximum atomic E-state index is 12.3. The van der Waals surface area contributed by atoms with Crippen LogP contribution in [0.4, 0.5) is 11.4 Å². The fourth-order valence-electron chi connectivity index (χ4n) is 1.96. The van der Waals surface area contributed by atoms with Crippen molar-refractivity contribution in [2.24, 2.45) is 0 Å². The van der Waals surface area contributed by atoms with E-state index in [0.717, 1.165) is 12.8 Å².